The van der Waals surface area contributed by atoms with Gasteiger partial charge in [-0.1, -0.05) is 37.4 Å². The number of rotatable bonds is 9. The Hall–Kier alpha value is -0.100. The monoisotopic (exact) mass is 369 g/mol. The smallest absolute Gasteiger partial charge is 0.185 e. The second-order valence-electron chi connectivity index (χ2n) is 7.69. The fourth-order valence-corrected chi connectivity index (χ4v) is 4.58. The molecule has 0 aliphatic carbocycles. The van der Waals surface area contributed by atoms with Crippen molar-refractivity contribution in [1.29, 1.82) is 0 Å². The third-order valence-electron chi connectivity index (χ3n) is 5.58. The maximum absolute atomic E-state index is 11.2. The zero-order valence-electron chi connectivity index (χ0n) is 16.4. The van der Waals surface area contributed by atoms with Crippen LogP contribution in [0.5, 0.6) is 0 Å². The molecule has 0 aromatic rings. The molecule has 2 aliphatic rings. The van der Waals surface area contributed by atoms with E-state index < -0.39 is 0 Å². The van der Waals surface area contributed by atoms with Gasteiger partial charge in [-0.25, -0.2) is 0 Å². The Morgan fingerprint density at radius 2 is 1.20 bits per heavy atom. The average molecular weight is 370 g/mol. The van der Waals surface area contributed by atoms with Gasteiger partial charge in [0.25, 0.3) is 0 Å². The number of hydrogen-bond donors (Lipinski definition) is 0. The first kappa shape index (κ1) is 21.2. The minimum absolute atomic E-state index is 0.250. The van der Waals surface area contributed by atoms with E-state index in [1.807, 2.05) is 0 Å². The Balaban J connectivity index is 1.73. The molecule has 0 saturated carbocycles. The second-order valence-corrected chi connectivity index (χ2v) is 8.97. The lowest BCUT2D eigenvalue weighted by molar-refractivity contribution is -0.109. The minimum Gasteiger partial charge on any atom is -0.302 e. The summed E-state index contributed by atoms with van der Waals surface area (Å²) >= 11 is 1.48. The standard InChI is InChI=1S/C20H39N3OS/c1-20(24)25-19-18-23(16-14-21-10-6-2-3-7-11-21)17-15-22-12-8-4-5-9-13-22/h2-19H2,1H3. The third-order valence-corrected chi connectivity index (χ3v) is 6.37. The summed E-state index contributed by atoms with van der Waals surface area (Å²) in [5, 5.41) is 0.250. The zero-order valence-corrected chi connectivity index (χ0v) is 17.2. The Morgan fingerprint density at radius 1 is 0.760 bits per heavy atom. The van der Waals surface area contributed by atoms with Crippen LogP contribution in [-0.4, -0.2) is 84.5 Å². The maximum Gasteiger partial charge on any atom is 0.185 e. The van der Waals surface area contributed by atoms with Gasteiger partial charge in [0.2, 0.25) is 0 Å². The molecule has 4 nitrogen and oxygen atoms in total. The molecule has 5 heteroatoms. The average Bonchev–Trinajstić information content (AvgIpc) is 3.01. The lowest BCUT2D eigenvalue weighted by Gasteiger charge is -2.29. The van der Waals surface area contributed by atoms with Gasteiger partial charge >= 0.3 is 0 Å². The van der Waals surface area contributed by atoms with Crippen LogP contribution in [0.25, 0.3) is 0 Å². The predicted octanol–water partition coefficient (Wildman–Crippen LogP) is 3.32. The van der Waals surface area contributed by atoms with E-state index in [2.05, 4.69) is 14.7 Å². The SMILES string of the molecule is CC(=O)SCCN(CCN1CCCCCC1)CCN1CCCCCC1. The van der Waals surface area contributed by atoms with Crippen molar-refractivity contribution in [2.24, 2.45) is 0 Å². The molecule has 2 aliphatic heterocycles. The second kappa shape index (κ2) is 13.1. The van der Waals surface area contributed by atoms with Gasteiger partial charge in [0.05, 0.1) is 0 Å². The van der Waals surface area contributed by atoms with Crippen LogP contribution in [-0.2, 0) is 4.79 Å². The summed E-state index contributed by atoms with van der Waals surface area (Å²) < 4.78 is 0. The number of carbonyl (C=O) groups excluding carboxylic acids is 1. The number of carbonyl (C=O) groups is 1. The summed E-state index contributed by atoms with van der Waals surface area (Å²) in [4.78, 5) is 19.2. The number of nitrogens with zero attached hydrogens (tertiary/aromatic N) is 3. The summed E-state index contributed by atoms with van der Waals surface area (Å²) in [5.74, 6) is 0.940. The molecule has 0 amide bonds. The Bertz CT molecular complexity index is 327. The van der Waals surface area contributed by atoms with Gasteiger partial charge in [0.15, 0.2) is 5.12 Å². The summed E-state index contributed by atoms with van der Waals surface area (Å²) in [5.41, 5.74) is 0. The van der Waals surface area contributed by atoms with Crippen LogP contribution < -0.4 is 0 Å². The van der Waals surface area contributed by atoms with Crippen LogP contribution in [0.15, 0.2) is 0 Å². The summed E-state index contributed by atoms with van der Waals surface area (Å²) in [6.07, 6.45) is 11.1. The van der Waals surface area contributed by atoms with Gasteiger partial charge in [-0.05, 0) is 51.9 Å². The molecule has 0 unspecified atom stereocenters. The van der Waals surface area contributed by atoms with E-state index in [0.29, 0.717) is 0 Å². The van der Waals surface area contributed by atoms with Crippen LogP contribution in [0, 0.1) is 0 Å². The van der Waals surface area contributed by atoms with E-state index in [4.69, 9.17) is 0 Å². The first-order valence-electron chi connectivity index (χ1n) is 10.5. The molecule has 2 saturated heterocycles. The quantitative estimate of drug-likeness (QED) is 0.621. The molecule has 0 aromatic heterocycles. The highest BCUT2D eigenvalue weighted by molar-refractivity contribution is 8.13. The third kappa shape index (κ3) is 9.97. The van der Waals surface area contributed by atoms with Gasteiger partial charge in [-0.3, -0.25) is 9.69 Å². The fraction of sp³-hybridized carbons (Fsp3) is 0.950. The van der Waals surface area contributed by atoms with E-state index in [1.54, 1.807) is 6.92 Å². The number of likely N-dealkylation sites (tertiary alicyclic amines) is 2. The van der Waals surface area contributed by atoms with E-state index in [9.17, 15) is 4.79 Å². The van der Waals surface area contributed by atoms with Crippen molar-refractivity contribution < 1.29 is 4.79 Å². The molecule has 0 N–H and O–H groups in total. The summed E-state index contributed by atoms with van der Waals surface area (Å²) in [7, 11) is 0. The van der Waals surface area contributed by atoms with E-state index in [1.165, 1.54) is 102 Å². The zero-order chi connectivity index (χ0) is 17.7. The van der Waals surface area contributed by atoms with Gasteiger partial charge in [-0.2, -0.15) is 0 Å². The molecule has 0 radical (unpaired) electrons. The Morgan fingerprint density at radius 3 is 1.60 bits per heavy atom. The van der Waals surface area contributed by atoms with Crippen LogP contribution in [0.4, 0.5) is 0 Å². The molecule has 25 heavy (non-hydrogen) atoms. The van der Waals surface area contributed by atoms with Gasteiger partial charge in [-0.15, -0.1) is 0 Å². The van der Waals surface area contributed by atoms with E-state index in [-0.39, 0.29) is 5.12 Å². The molecule has 2 rings (SSSR count). The lowest BCUT2D eigenvalue weighted by Crippen LogP contribution is -2.41. The fourth-order valence-electron chi connectivity index (χ4n) is 3.94. The van der Waals surface area contributed by atoms with E-state index >= 15 is 0 Å². The van der Waals surface area contributed by atoms with Crippen molar-refractivity contribution in [1.82, 2.24) is 14.7 Å². The molecule has 2 fully saturated rings. The highest BCUT2D eigenvalue weighted by atomic mass is 32.2. The molecular formula is C20H39N3OS. The maximum atomic E-state index is 11.2. The number of hydrogen-bond acceptors (Lipinski definition) is 5. The highest BCUT2D eigenvalue weighted by Crippen LogP contribution is 2.11. The van der Waals surface area contributed by atoms with Gasteiger partial charge in [0, 0.05) is 45.4 Å². The lowest BCUT2D eigenvalue weighted by atomic mass is 10.2. The Labute approximate surface area is 159 Å². The minimum atomic E-state index is 0.250. The topological polar surface area (TPSA) is 26.8 Å². The summed E-state index contributed by atoms with van der Waals surface area (Å²) in [6.45, 7) is 12.6. The first-order valence-corrected chi connectivity index (χ1v) is 11.5. The largest absolute Gasteiger partial charge is 0.302 e. The van der Waals surface area contributed by atoms with Crippen molar-refractivity contribution in [3.8, 4) is 0 Å². The van der Waals surface area contributed by atoms with Crippen molar-refractivity contribution in [2.75, 3.05) is 64.7 Å². The van der Waals surface area contributed by atoms with Crippen molar-refractivity contribution in [3.05, 3.63) is 0 Å². The molecular weight excluding hydrogens is 330 g/mol. The molecule has 0 spiro atoms. The first-order chi connectivity index (χ1) is 12.2. The van der Waals surface area contributed by atoms with Crippen LogP contribution in [0.1, 0.15) is 58.3 Å². The van der Waals surface area contributed by atoms with Crippen molar-refractivity contribution in [3.63, 3.8) is 0 Å². The predicted molar refractivity (Wildman–Crippen MR) is 109 cm³/mol. The van der Waals surface area contributed by atoms with Crippen molar-refractivity contribution >= 4 is 16.9 Å². The number of thioether (sulfide) groups is 1. The molecule has 2 heterocycles. The van der Waals surface area contributed by atoms with Crippen molar-refractivity contribution in [2.45, 2.75) is 58.3 Å². The summed E-state index contributed by atoms with van der Waals surface area (Å²) in [6, 6.07) is 0. The Kier molecular flexibility index (Phi) is 11.1. The van der Waals surface area contributed by atoms with E-state index in [0.717, 1.165) is 25.4 Å². The molecule has 0 bridgehead atoms. The van der Waals surface area contributed by atoms with Crippen LogP contribution in [0.2, 0.25) is 0 Å². The molecule has 146 valence electrons. The van der Waals surface area contributed by atoms with Crippen LogP contribution >= 0.6 is 11.8 Å². The molecule has 0 aromatic carbocycles. The van der Waals surface area contributed by atoms with Crippen LogP contribution in [0.3, 0.4) is 0 Å². The highest BCUT2D eigenvalue weighted by Gasteiger charge is 2.14. The van der Waals surface area contributed by atoms with Gasteiger partial charge < -0.3 is 9.80 Å². The van der Waals surface area contributed by atoms with Gasteiger partial charge in [0.1, 0.15) is 0 Å². The normalized spacial score (nSPS) is 21.2. The molecule has 0 atom stereocenters.